The summed E-state index contributed by atoms with van der Waals surface area (Å²) in [4.78, 5) is 30.8. The molecule has 0 aromatic heterocycles. The van der Waals surface area contributed by atoms with Crippen LogP contribution in [0.25, 0.3) is 0 Å². The second kappa shape index (κ2) is 20.7. The van der Waals surface area contributed by atoms with Crippen molar-refractivity contribution in [2.75, 3.05) is 32.3 Å². The van der Waals surface area contributed by atoms with Crippen LogP contribution in [-0.2, 0) is 29.3 Å². The van der Waals surface area contributed by atoms with E-state index in [1.165, 1.54) is 0 Å². The quantitative estimate of drug-likeness (QED) is 0.0479. The maximum atomic E-state index is 5.75. The Kier molecular flexibility index (Phi) is 22.3. The molecule has 0 aromatic carbocycles. The van der Waals surface area contributed by atoms with E-state index in [9.17, 15) is 0 Å². The lowest BCUT2D eigenvalue weighted by molar-refractivity contribution is -0.366. The molecular formula is C24H45Br2ClO6. The number of hydrogen-bond donors (Lipinski definition) is 0. The number of allylic oxidation sites excluding steroid dienone is 2. The number of hydrogen-bond acceptors (Lipinski definition) is 6. The smallest absolute Gasteiger partial charge is 0.120 e. The molecule has 0 rings (SSSR count). The van der Waals surface area contributed by atoms with E-state index in [4.69, 9.17) is 40.9 Å². The fourth-order valence-electron chi connectivity index (χ4n) is 1.87. The Bertz CT molecular complexity index is 506. The predicted molar refractivity (Wildman–Crippen MR) is 144 cm³/mol. The molecule has 2 atom stereocenters. The molecule has 0 N–H and O–H groups in total. The first-order chi connectivity index (χ1) is 15.2. The zero-order chi connectivity index (χ0) is 25.9. The van der Waals surface area contributed by atoms with Crippen LogP contribution in [0.15, 0.2) is 24.3 Å². The summed E-state index contributed by atoms with van der Waals surface area (Å²) in [7, 11) is 0. The minimum Gasteiger partial charge on any atom is -0.237 e. The highest BCUT2D eigenvalue weighted by molar-refractivity contribution is 9.10. The van der Waals surface area contributed by atoms with Gasteiger partial charge in [0.15, 0.2) is 0 Å². The van der Waals surface area contributed by atoms with Crippen LogP contribution in [0.2, 0.25) is 0 Å². The van der Waals surface area contributed by atoms with Gasteiger partial charge in [0, 0.05) is 8.65 Å². The second-order valence-electron chi connectivity index (χ2n) is 9.24. The highest BCUT2D eigenvalue weighted by atomic mass is 79.9. The summed E-state index contributed by atoms with van der Waals surface area (Å²) in [5.41, 5.74) is 2.25. The Morgan fingerprint density at radius 1 is 0.788 bits per heavy atom. The summed E-state index contributed by atoms with van der Waals surface area (Å²) in [5.74, 6) is 0.440. The lowest BCUT2D eigenvalue weighted by Crippen LogP contribution is -2.24. The van der Waals surface area contributed by atoms with E-state index in [0.29, 0.717) is 32.3 Å². The van der Waals surface area contributed by atoms with Crippen LogP contribution < -0.4 is 0 Å². The molecule has 0 aromatic rings. The van der Waals surface area contributed by atoms with E-state index in [2.05, 4.69) is 45.0 Å². The molecule has 0 fully saturated rings. The van der Waals surface area contributed by atoms with Crippen molar-refractivity contribution >= 4 is 43.5 Å². The third-order valence-electron chi connectivity index (χ3n) is 3.63. The summed E-state index contributed by atoms with van der Waals surface area (Å²) in [6, 6.07) is 0. The predicted octanol–water partition coefficient (Wildman–Crippen LogP) is 7.87. The van der Waals surface area contributed by atoms with Gasteiger partial charge in [-0.25, -0.2) is 29.3 Å². The summed E-state index contributed by atoms with van der Waals surface area (Å²) in [6.45, 7) is 23.4. The van der Waals surface area contributed by atoms with Gasteiger partial charge in [0.1, 0.15) is 18.8 Å². The fraction of sp³-hybridized carbons (Fsp3) is 0.833. The molecule has 6 nitrogen and oxygen atoms in total. The van der Waals surface area contributed by atoms with Crippen LogP contribution in [-0.4, -0.2) is 53.2 Å². The Hall–Kier alpha value is 0.490. The van der Waals surface area contributed by atoms with E-state index >= 15 is 0 Å². The molecular weight excluding hydrogens is 580 g/mol. The maximum Gasteiger partial charge on any atom is 0.120 e. The van der Waals surface area contributed by atoms with Crippen molar-refractivity contribution in [2.45, 2.75) is 95.0 Å². The van der Waals surface area contributed by atoms with Crippen LogP contribution in [0.4, 0.5) is 0 Å². The van der Waals surface area contributed by atoms with Crippen molar-refractivity contribution in [3.63, 3.8) is 0 Å². The van der Waals surface area contributed by atoms with Gasteiger partial charge in [-0.05, 0) is 74.1 Å². The topological polar surface area (TPSA) is 55.4 Å². The summed E-state index contributed by atoms with van der Waals surface area (Å²) < 4.78 is -0.167. The monoisotopic (exact) mass is 622 g/mol. The normalized spacial score (nSPS) is 13.8. The van der Waals surface area contributed by atoms with Gasteiger partial charge in [0.25, 0.3) is 0 Å². The average molecular weight is 625 g/mol. The van der Waals surface area contributed by atoms with Gasteiger partial charge in [-0.1, -0.05) is 43.0 Å². The molecule has 33 heavy (non-hydrogen) atoms. The van der Waals surface area contributed by atoms with Crippen molar-refractivity contribution < 1.29 is 29.3 Å². The number of halogens is 3. The number of rotatable bonds is 19. The van der Waals surface area contributed by atoms with E-state index < -0.39 is 0 Å². The van der Waals surface area contributed by atoms with Crippen molar-refractivity contribution in [3.8, 4) is 0 Å². The highest BCUT2D eigenvalue weighted by Crippen LogP contribution is 2.18. The second-order valence-corrected chi connectivity index (χ2v) is 13.8. The van der Waals surface area contributed by atoms with Gasteiger partial charge in [-0.3, -0.25) is 0 Å². The minimum atomic E-state index is -0.139. The van der Waals surface area contributed by atoms with Crippen LogP contribution in [0.1, 0.15) is 74.1 Å². The van der Waals surface area contributed by atoms with Gasteiger partial charge in [0.2, 0.25) is 0 Å². The Morgan fingerprint density at radius 2 is 1.24 bits per heavy atom. The Labute approximate surface area is 223 Å². The van der Waals surface area contributed by atoms with E-state index in [1.54, 1.807) is 0 Å². The first-order valence-electron chi connectivity index (χ1n) is 11.2. The lowest BCUT2D eigenvalue weighted by atomic mass is 10.1. The summed E-state index contributed by atoms with van der Waals surface area (Å²) in [6.07, 6.45) is 3.25. The molecule has 198 valence electrons. The van der Waals surface area contributed by atoms with E-state index in [-0.39, 0.29) is 20.9 Å². The molecule has 0 bridgehead atoms. The largest absolute Gasteiger partial charge is 0.237 e. The van der Waals surface area contributed by atoms with Gasteiger partial charge < -0.3 is 0 Å². The molecule has 0 aliphatic carbocycles. The zero-order valence-electron chi connectivity index (χ0n) is 21.5. The van der Waals surface area contributed by atoms with E-state index in [0.717, 1.165) is 36.8 Å². The van der Waals surface area contributed by atoms with Crippen molar-refractivity contribution in [3.05, 3.63) is 24.3 Å². The van der Waals surface area contributed by atoms with Gasteiger partial charge in [0.05, 0.1) is 25.7 Å². The average Bonchev–Trinajstić information content (AvgIpc) is 2.67. The van der Waals surface area contributed by atoms with Crippen LogP contribution in [0.5, 0.6) is 0 Å². The molecule has 9 heteroatoms. The fourth-order valence-corrected chi connectivity index (χ4v) is 2.26. The summed E-state index contributed by atoms with van der Waals surface area (Å²) in [5, 5.41) is 0. The SMILES string of the molecule is C=C(C)CCC(CCl)OOCC(C)(C)Br.C=C(C)CCC(COOCC(C)(C)Br)OOCC. The first kappa shape index (κ1) is 35.7. The van der Waals surface area contributed by atoms with Crippen LogP contribution in [0.3, 0.4) is 0 Å². The van der Waals surface area contributed by atoms with Crippen molar-refractivity contribution in [2.24, 2.45) is 0 Å². The molecule has 0 spiro atoms. The van der Waals surface area contributed by atoms with Gasteiger partial charge in [-0.2, -0.15) is 0 Å². The molecule has 0 saturated heterocycles. The molecule has 2 unspecified atom stereocenters. The standard InChI is InChI=1S/C13H25BrO4.C11H20BrClO2/c1-6-15-18-12(8-7-11(2)3)9-16-17-10-13(4,5)14;1-9(2)5-6-10(7-13)15-14-8-11(3,4)12/h12H,2,6-10H2,1,3-5H3;10H,1,5-8H2,2-4H3. The lowest BCUT2D eigenvalue weighted by Gasteiger charge is -2.18. The first-order valence-corrected chi connectivity index (χ1v) is 13.4. The van der Waals surface area contributed by atoms with Crippen LogP contribution >= 0.6 is 43.5 Å². The van der Waals surface area contributed by atoms with Crippen molar-refractivity contribution in [1.82, 2.24) is 0 Å². The highest BCUT2D eigenvalue weighted by Gasteiger charge is 2.16. The Balaban J connectivity index is 0. The zero-order valence-corrected chi connectivity index (χ0v) is 25.4. The van der Waals surface area contributed by atoms with Gasteiger partial charge >= 0.3 is 0 Å². The third kappa shape index (κ3) is 30.5. The summed E-state index contributed by atoms with van der Waals surface area (Å²) >= 11 is 12.7. The van der Waals surface area contributed by atoms with E-state index in [1.807, 2.05) is 48.5 Å². The number of alkyl halides is 3. The van der Waals surface area contributed by atoms with Gasteiger partial charge in [-0.15, -0.1) is 24.8 Å². The molecule has 0 aliphatic rings. The minimum absolute atomic E-state index is 0.0572. The Morgan fingerprint density at radius 3 is 1.67 bits per heavy atom. The van der Waals surface area contributed by atoms with Crippen molar-refractivity contribution in [1.29, 1.82) is 0 Å². The maximum absolute atomic E-state index is 5.75. The molecule has 0 amide bonds. The molecule has 0 aliphatic heterocycles. The third-order valence-corrected chi connectivity index (χ3v) is 4.43. The molecule has 0 saturated carbocycles. The molecule has 0 radical (unpaired) electrons. The van der Waals surface area contributed by atoms with Crippen LogP contribution in [0, 0.1) is 0 Å². The molecule has 0 heterocycles.